The van der Waals surface area contributed by atoms with E-state index >= 15 is 0 Å². The van der Waals surface area contributed by atoms with Crippen LogP contribution in [0.5, 0.6) is 0 Å². The Labute approximate surface area is 138 Å². The van der Waals surface area contributed by atoms with E-state index in [1.165, 1.54) is 0 Å². The van der Waals surface area contributed by atoms with Gasteiger partial charge in [0.1, 0.15) is 4.60 Å². The lowest BCUT2D eigenvalue weighted by atomic mass is 10.2. The highest BCUT2D eigenvalue weighted by Crippen LogP contribution is 2.21. The smallest absolute Gasteiger partial charge is 0.256 e. The Balaban J connectivity index is 2.28. The number of aryl methyl sites for hydroxylation is 1. The van der Waals surface area contributed by atoms with Crippen molar-refractivity contribution in [3.8, 4) is 0 Å². The third-order valence-electron chi connectivity index (χ3n) is 2.47. The van der Waals surface area contributed by atoms with Crippen LogP contribution < -0.4 is 5.32 Å². The Bertz CT molecular complexity index is 649. The maximum Gasteiger partial charge on any atom is 0.256 e. The summed E-state index contributed by atoms with van der Waals surface area (Å²) < 4.78 is 1.59. The van der Waals surface area contributed by atoms with Crippen LogP contribution in [-0.4, -0.2) is 10.9 Å². The van der Waals surface area contributed by atoms with Gasteiger partial charge in [-0.25, -0.2) is 4.98 Å². The summed E-state index contributed by atoms with van der Waals surface area (Å²) in [6, 6.07) is 8.81. The highest BCUT2D eigenvalue weighted by molar-refractivity contribution is 14.1. The molecule has 3 nitrogen and oxygen atoms in total. The first-order chi connectivity index (χ1) is 8.97. The molecule has 1 heterocycles. The quantitative estimate of drug-likeness (QED) is 0.533. The van der Waals surface area contributed by atoms with E-state index < -0.39 is 0 Å². The summed E-state index contributed by atoms with van der Waals surface area (Å²) in [7, 11) is 0. The van der Waals surface area contributed by atoms with Crippen molar-refractivity contribution in [1.29, 1.82) is 0 Å². The summed E-state index contributed by atoms with van der Waals surface area (Å²) >= 11 is 11.3. The normalized spacial score (nSPS) is 10.3. The highest BCUT2D eigenvalue weighted by Gasteiger charge is 2.12. The zero-order chi connectivity index (χ0) is 14.0. The van der Waals surface area contributed by atoms with Gasteiger partial charge in [-0.05, 0) is 75.8 Å². The van der Waals surface area contributed by atoms with Crippen molar-refractivity contribution in [2.75, 3.05) is 5.32 Å². The van der Waals surface area contributed by atoms with E-state index in [2.05, 4.69) is 48.8 Å². The van der Waals surface area contributed by atoms with Gasteiger partial charge in [0.25, 0.3) is 5.91 Å². The fourth-order valence-corrected chi connectivity index (χ4v) is 2.67. The Morgan fingerprint density at radius 3 is 2.79 bits per heavy atom. The molecule has 0 atom stereocenters. The minimum Gasteiger partial charge on any atom is -0.320 e. The van der Waals surface area contributed by atoms with Gasteiger partial charge in [-0.3, -0.25) is 4.79 Å². The van der Waals surface area contributed by atoms with E-state index in [0.717, 1.165) is 13.9 Å². The predicted molar refractivity (Wildman–Crippen MR) is 88.8 cm³/mol. The van der Waals surface area contributed by atoms with E-state index in [1.54, 1.807) is 18.2 Å². The molecule has 2 aromatic rings. The number of carbonyl (C=O) groups excluding carboxylic acids is 1. The van der Waals surface area contributed by atoms with Crippen LogP contribution >= 0.6 is 50.1 Å². The summed E-state index contributed by atoms with van der Waals surface area (Å²) in [5.74, 6) is -0.195. The third kappa shape index (κ3) is 3.67. The number of benzene rings is 1. The Hall–Kier alpha value is -0.660. The fraction of sp³-hybridized carbons (Fsp3) is 0.0769. The summed E-state index contributed by atoms with van der Waals surface area (Å²) in [5, 5.41) is 3.37. The van der Waals surface area contributed by atoms with Gasteiger partial charge in [0.2, 0.25) is 0 Å². The van der Waals surface area contributed by atoms with E-state index in [0.29, 0.717) is 16.3 Å². The first-order valence-corrected chi connectivity index (χ1v) is 7.62. The minimum absolute atomic E-state index is 0.195. The van der Waals surface area contributed by atoms with Crippen LogP contribution in [0.25, 0.3) is 0 Å². The topological polar surface area (TPSA) is 42.0 Å². The Kier molecular flexibility index (Phi) is 4.81. The van der Waals surface area contributed by atoms with Crippen LogP contribution in [0.15, 0.2) is 34.9 Å². The number of carbonyl (C=O) groups is 1. The summed E-state index contributed by atoms with van der Waals surface area (Å²) in [6.45, 7) is 1.84. The Morgan fingerprint density at radius 2 is 2.11 bits per heavy atom. The molecular weight excluding hydrogens is 442 g/mol. The predicted octanol–water partition coefficient (Wildman–Crippen LogP) is 4.66. The van der Waals surface area contributed by atoms with Crippen LogP contribution in [0.2, 0.25) is 5.02 Å². The van der Waals surface area contributed by atoms with Crippen molar-refractivity contribution in [1.82, 2.24) is 4.98 Å². The molecule has 98 valence electrons. The molecule has 1 aromatic heterocycles. The lowest BCUT2D eigenvalue weighted by molar-refractivity contribution is 0.102. The van der Waals surface area contributed by atoms with Crippen LogP contribution in [0.3, 0.4) is 0 Å². The van der Waals surface area contributed by atoms with Gasteiger partial charge in [-0.2, -0.15) is 0 Å². The van der Waals surface area contributed by atoms with E-state index in [1.807, 2.05) is 19.1 Å². The lowest BCUT2D eigenvalue weighted by Gasteiger charge is -2.09. The molecule has 0 bridgehead atoms. The van der Waals surface area contributed by atoms with Gasteiger partial charge in [0.15, 0.2) is 0 Å². The molecule has 0 saturated carbocycles. The SMILES string of the molecule is Cc1nc(Br)ccc1NC(=O)c1cc(Cl)ccc1I. The monoisotopic (exact) mass is 450 g/mol. The number of rotatable bonds is 2. The number of aromatic nitrogens is 1. The molecule has 6 heteroatoms. The van der Waals surface area contributed by atoms with Crippen LogP contribution in [0, 0.1) is 10.5 Å². The van der Waals surface area contributed by atoms with Crippen molar-refractivity contribution in [2.45, 2.75) is 6.92 Å². The molecule has 1 N–H and O–H groups in total. The second kappa shape index (κ2) is 6.19. The number of amides is 1. The minimum atomic E-state index is -0.195. The molecule has 0 fully saturated rings. The Morgan fingerprint density at radius 1 is 1.37 bits per heavy atom. The number of pyridine rings is 1. The van der Waals surface area contributed by atoms with Crippen molar-refractivity contribution < 1.29 is 4.79 Å². The lowest BCUT2D eigenvalue weighted by Crippen LogP contribution is -2.14. The molecule has 19 heavy (non-hydrogen) atoms. The first-order valence-electron chi connectivity index (χ1n) is 5.37. The third-order valence-corrected chi connectivity index (χ3v) is 4.09. The molecule has 2 rings (SSSR count). The molecule has 0 aliphatic heterocycles. The van der Waals surface area contributed by atoms with Crippen LogP contribution in [0.4, 0.5) is 5.69 Å². The van der Waals surface area contributed by atoms with Crippen LogP contribution in [0.1, 0.15) is 16.1 Å². The number of nitrogens with zero attached hydrogens (tertiary/aromatic N) is 1. The molecule has 0 saturated heterocycles. The number of hydrogen-bond acceptors (Lipinski definition) is 2. The molecule has 0 unspecified atom stereocenters. The summed E-state index contributed by atoms with van der Waals surface area (Å²) in [5.41, 5.74) is 1.99. The molecule has 1 aromatic carbocycles. The average molecular weight is 451 g/mol. The number of nitrogens with one attached hydrogen (secondary N) is 1. The van der Waals surface area contributed by atoms with Crippen molar-refractivity contribution in [3.63, 3.8) is 0 Å². The first kappa shape index (κ1) is 14.7. The zero-order valence-electron chi connectivity index (χ0n) is 9.88. The molecule has 0 aliphatic rings. The molecular formula is C13H9BrClIN2O. The van der Waals surface area contributed by atoms with E-state index in [4.69, 9.17) is 11.6 Å². The zero-order valence-corrected chi connectivity index (χ0v) is 14.4. The van der Waals surface area contributed by atoms with E-state index in [9.17, 15) is 4.79 Å². The van der Waals surface area contributed by atoms with Gasteiger partial charge in [-0.1, -0.05) is 11.6 Å². The van der Waals surface area contributed by atoms with Crippen molar-refractivity contribution in [3.05, 3.63) is 54.8 Å². The van der Waals surface area contributed by atoms with Gasteiger partial charge in [0.05, 0.1) is 16.9 Å². The van der Waals surface area contributed by atoms with Gasteiger partial charge in [-0.15, -0.1) is 0 Å². The van der Waals surface area contributed by atoms with Crippen molar-refractivity contribution in [2.24, 2.45) is 0 Å². The fourth-order valence-electron chi connectivity index (χ4n) is 1.52. The van der Waals surface area contributed by atoms with Gasteiger partial charge >= 0.3 is 0 Å². The molecule has 0 aliphatic carbocycles. The number of halogens is 3. The second-order valence-corrected chi connectivity index (χ2v) is 6.26. The number of hydrogen-bond donors (Lipinski definition) is 1. The molecule has 0 spiro atoms. The largest absolute Gasteiger partial charge is 0.320 e. The van der Waals surface area contributed by atoms with Gasteiger partial charge < -0.3 is 5.32 Å². The summed E-state index contributed by atoms with van der Waals surface area (Å²) in [6.07, 6.45) is 0. The molecule has 1 amide bonds. The van der Waals surface area contributed by atoms with Crippen LogP contribution in [-0.2, 0) is 0 Å². The van der Waals surface area contributed by atoms with Gasteiger partial charge in [0, 0.05) is 8.59 Å². The second-order valence-electron chi connectivity index (χ2n) is 3.85. The highest BCUT2D eigenvalue weighted by atomic mass is 127. The van der Waals surface area contributed by atoms with Crippen molar-refractivity contribution >= 4 is 61.7 Å². The summed E-state index contributed by atoms with van der Waals surface area (Å²) in [4.78, 5) is 16.4. The molecule has 0 radical (unpaired) electrons. The standard InChI is InChI=1S/C13H9BrClIN2O/c1-7-11(4-5-12(14)17-7)18-13(19)9-6-8(15)2-3-10(9)16/h2-6H,1H3,(H,18,19). The average Bonchev–Trinajstić information content (AvgIpc) is 2.35. The maximum atomic E-state index is 12.2. The van der Waals surface area contributed by atoms with E-state index in [-0.39, 0.29) is 5.91 Å². The maximum absolute atomic E-state index is 12.2. The number of anilines is 1.